The van der Waals surface area contributed by atoms with Gasteiger partial charge in [0.1, 0.15) is 0 Å². The number of anilines is 1. The maximum absolute atomic E-state index is 12.5. The molecule has 1 aromatic heterocycles. The average Bonchev–Trinajstić information content (AvgIpc) is 3.17. The van der Waals surface area contributed by atoms with Gasteiger partial charge in [-0.3, -0.25) is 19.6 Å². The summed E-state index contributed by atoms with van der Waals surface area (Å²) in [6.45, 7) is 2.18. The molecular weight excluding hydrogens is 412 g/mol. The third kappa shape index (κ3) is 4.80. The van der Waals surface area contributed by atoms with Gasteiger partial charge in [0.15, 0.2) is 0 Å². The van der Waals surface area contributed by atoms with Gasteiger partial charge in [-0.2, -0.15) is 5.10 Å². The highest BCUT2D eigenvalue weighted by Gasteiger charge is 2.32. The molecule has 1 saturated carbocycles. The van der Waals surface area contributed by atoms with E-state index in [1.165, 1.54) is 69.9 Å². The van der Waals surface area contributed by atoms with Crippen molar-refractivity contribution in [1.29, 1.82) is 0 Å². The highest BCUT2D eigenvalue weighted by molar-refractivity contribution is 6.03. The van der Waals surface area contributed by atoms with Gasteiger partial charge in [-0.05, 0) is 37.2 Å². The first-order valence-electron chi connectivity index (χ1n) is 13.1. The lowest BCUT2D eigenvalue weighted by atomic mass is 9.83. The number of carbonyl (C=O) groups is 2. The van der Waals surface area contributed by atoms with E-state index in [-0.39, 0.29) is 17.7 Å². The molecule has 2 saturated heterocycles. The Hall–Kier alpha value is -2.37. The SMILES string of the molecule is Cn1nc(C2CCC(=O)NC2=O)c2cccc(N3CCC(CCCC4CCCCC4)CC3)c21. The van der Waals surface area contributed by atoms with Crippen LogP contribution < -0.4 is 10.2 Å². The fourth-order valence-corrected chi connectivity index (χ4v) is 6.44. The van der Waals surface area contributed by atoms with Gasteiger partial charge in [0.05, 0.1) is 22.8 Å². The molecule has 1 atom stereocenters. The highest BCUT2D eigenvalue weighted by atomic mass is 16.2. The summed E-state index contributed by atoms with van der Waals surface area (Å²) in [4.78, 5) is 26.6. The van der Waals surface area contributed by atoms with Gasteiger partial charge in [-0.1, -0.05) is 63.5 Å². The third-order valence-electron chi connectivity index (χ3n) is 8.35. The number of nitrogens with zero attached hydrogens (tertiary/aromatic N) is 3. The van der Waals surface area contributed by atoms with E-state index in [4.69, 9.17) is 5.10 Å². The molecule has 2 amide bonds. The molecule has 1 aromatic carbocycles. The van der Waals surface area contributed by atoms with Crippen LogP contribution in [0.5, 0.6) is 0 Å². The van der Waals surface area contributed by atoms with Gasteiger partial charge in [-0.25, -0.2) is 0 Å². The minimum atomic E-state index is -0.350. The predicted octanol–water partition coefficient (Wildman–Crippen LogP) is 5.06. The van der Waals surface area contributed by atoms with Crippen LogP contribution in [0.2, 0.25) is 0 Å². The third-order valence-corrected chi connectivity index (χ3v) is 8.35. The maximum Gasteiger partial charge on any atom is 0.235 e. The number of aromatic nitrogens is 2. The number of para-hydroxylation sites is 1. The summed E-state index contributed by atoms with van der Waals surface area (Å²) in [5.74, 6) is 1.11. The Kier molecular flexibility index (Phi) is 6.70. The molecule has 178 valence electrons. The van der Waals surface area contributed by atoms with Crippen LogP contribution in [-0.4, -0.2) is 34.7 Å². The number of piperidine rings is 2. The summed E-state index contributed by atoms with van der Waals surface area (Å²) in [5, 5.41) is 8.29. The normalized spacial score (nSPS) is 23.3. The Bertz CT molecular complexity index is 999. The van der Waals surface area contributed by atoms with Crippen molar-refractivity contribution in [3.63, 3.8) is 0 Å². The largest absolute Gasteiger partial charge is 0.370 e. The van der Waals surface area contributed by atoms with Crippen LogP contribution in [0.1, 0.15) is 88.7 Å². The van der Waals surface area contributed by atoms with E-state index >= 15 is 0 Å². The molecular formula is C27H38N4O2. The minimum Gasteiger partial charge on any atom is -0.370 e. The zero-order valence-corrected chi connectivity index (χ0v) is 20.0. The number of carbonyl (C=O) groups excluding carboxylic acids is 2. The summed E-state index contributed by atoms with van der Waals surface area (Å²) < 4.78 is 1.93. The summed E-state index contributed by atoms with van der Waals surface area (Å²) in [6.07, 6.45) is 15.0. The molecule has 2 aliphatic heterocycles. The fraction of sp³-hybridized carbons (Fsp3) is 0.667. The molecule has 2 aromatic rings. The van der Waals surface area contributed by atoms with Crippen LogP contribution in [-0.2, 0) is 16.6 Å². The van der Waals surface area contributed by atoms with E-state index in [1.807, 2.05) is 11.7 Å². The van der Waals surface area contributed by atoms with Crippen molar-refractivity contribution in [2.45, 2.75) is 83.0 Å². The van der Waals surface area contributed by atoms with E-state index in [1.54, 1.807) is 0 Å². The second kappa shape index (κ2) is 9.86. The van der Waals surface area contributed by atoms with Crippen LogP contribution in [0.4, 0.5) is 5.69 Å². The van der Waals surface area contributed by atoms with Crippen LogP contribution in [0.3, 0.4) is 0 Å². The molecule has 6 heteroatoms. The second-order valence-corrected chi connectivity index (χ2v) is 10.6. The lowest BCUT2D eigenvalue weighted by Crippen LogP contribution is -2.39. The van der Waals surface area contributed by atoms with Crippen LogP contribution in [0, 0.1) is 11.8 Å². The van der Waals surface area contributed by atoms with Crippen LogP contribution in [0.25, 0.3) is 10.9 Å². The molecule has 6 nitrogen and oxygen atoms in total. The summed E-state index contributed by atoms with van der Waals surface area (Å²) >= 11 is 0. The lowest BCUT2D eigenvalue weighted by molar-refractivity contribution is -0.134. The van der Waals surface area contributed by atoms with Crippen molar-refractivity contribution >= 4 is 28.4 Å². The molecule has 0 bridgehead atoms. The van der Waals surface area contributed by atoms with Gasteiger partial charge in [0.25, 0.3) is 0 Å². The molecule has 1 N–H and O–H groups in total. The van der Waals surface area contributed by atoms with Crippen molar-refractivity contribution in [3.8, 4) is 0 Å². The smallest absolute Gasteiger partial charge is 0.235 e. The van der Waals surface area contributed by atoms with Gasteiger partial charge >= 0.3 is 0 Å². The first-order valence-corrected chi connectivity index (χ1v) is 13.1. The molecule has 0 spiro atoms. The Morgan fingerprint density at radius 1 is 0.970 bits per heavy atom. The molecule has 3 heterocycles. The second-order valence-electron chi connectivity index (χ2n) is 10.6. The molecule has 3 aliphatic rings. The Morgan fingerprint density at radius 3 is 2.42 bits per heavy atom. The van der Waals surface area contributed by atoms with Crippen molar-refractivity contribution in [2.24, 2.45) is 18.9 Å². The lowest BCUT2D eigenvalue weighted by Gasteiger charge is -2.34. The van der Waals surface area contributed by atoms with Crippen molar-refractivity contribution in [1.82, 2.24) is 15.1 Å². The summed E-state index contributed by atoms with van der Waals surface area (Å²) in [6, 6.07) is 6.36. The number of benzene rings is 1. The number of fused-ring (bicyclic) bond motifs is 1. The molecule has 1 unspecified atom stereocenters. The molecule has 0 radical (unpaired) electrons. The first kappa shape index (κ1) is 22.4. The topological polar surface area (TPSA) is 67.2 Å². The van der Waals surface area contributed by atoms with Gasteiger partial charge in [-0.15, -0.1) is 0 Å². The fourth-order valence-electron chi connectivity index (χ4n) is 6.44. The zero-order chi connectivity index (χ0) is 22.8. The van der Waals surface area contributed by atoms with E-state index in [9.17, 15) is 9.59 Å². The number of hydrogen-bond donors (Lipinski definition) is 1. The first-order chi connectivity index (χ1) is 16.1. The monoisotopic (exact) mass is 450 g/mol. The number of hydrogen-bond acceptors (Lipinski definition) is 4. The number of nitrogens with one attached hydrogen (secondary N) is 1. The maximum atomic E-state index is 12.5. The number of imide groups is 1. The van der Waals surface area contributed by atoms with Gasteiger partial charge in [0.2, 0.25) is 11.8 Å². The molecule has 3 fully saturated rings. The predicted molar refractivity (Wildman–Crippen MR) is 131 cm³/mol. The van der Waals surface area contributed by atoms with E-state index in [2.05, 4.69) is 28.4 Å². The van der Waals surface area contributed by atoms with Gasteiger partial charge in [0, 0.05) is 31.9 Å². The molecule has 5 rings (SSSR count). The van der Waals surface area contributed by atoms with Crippen LogP contribution >= 0.6 is 0 Å². The van der Waals surface area contributed by atoms with Gasteiger partial charge < -0.3 is 4.90 Å². The summed E-state index contributed by atoms with van der Waals surface area (Å²) in [7, 11) is 1.97. The standard InChI is InChI=1S/C27H38N4O2/c1-30-26-21(25(29-30)22-13-14-24(32)28-27(22)33)11-6-12-23(26)31-17-15-20(16-18-31)10-5-9-19-7-3-2-4-8-19/h6,11-12,19-20,22H,2-5,7-10,13-18H2,1H3,(H,28,32,33). The van der Waals surface area contributed by atoms with Crippen LogP contribution in [0.15, 0.2) is 18.2 Å². The van der Waals surface area contributed by atoms with Crippen molar-refractivity contribution in [3.05, 3.63) is 23.9 Å². The Balaban J connectivity index is 1.24. The Labute approximate surface area is 197 Å². The minimum absolute atomic E-state index is 0.182. The van der Waals surface area contributed by atoms with Crippen molar-refractivity contribution in [2.75, 3.05) is 18.0 Å². The zero-order valence-electron chi connectivity index (χ0n) is 20.0. The van der Waals surface area contributed by atoms with E-state index < -0.39 is 0 Å². The van der Waals surface area contributed by atoms with Crippen molar-refractivity contribution < 1.29 is 9.59 Å². The molecule has 1 aliphatic carbocycles. The molecule has 33 heavy (non-hydrogen) atoms. The van der Waals surface area contributed by atoms with E-state index in [0.29, 0.717) is 12.8 Å². The average molecular weight is 451 g/mol. The number of amides is 2. The highest BCUT2D eigenvalue weighted by Crippen LogP contribution is 2.37. The number of aryl methyl sites for hydroxylation is 1. The van der Waals surface area contributed by atoms with E-state index in [0.717, 1.165) is 41.5 Å². The Morgan fingerprint density at radius 2 is 1.70 bits per heavy atom. The summed E-state index contributed by atoms with van der Waals surface area (Å²) in [5.41, 5.74) is 3.13. The number of rotatable bonds is 6. The quantitative estimate of drug-likeness (QED) is 0.625.